The summed E-state index contributed by atoms with van der Waals surface area (Å²) < 4.78 is 5.75. The van der Waals surface area contributed by atoms with Crippen LogP contribution in [0.4, 0.5) is 5.82 Å². The van der Waals surface area contributed by atoms with Crippen molar-refractivity contribution < 1.29 is 4.74 Å². The second-order valence-electron chi connectivity index (χ2n) is 6.52. The molecule has 0 radical (unpaired) electrons. The molecule has 3 aromatic rings. The standard InChI is InChI=1S/C21H20ClN3O/c1-13-11-15(7-8-17(13)22)19-12-21(24-14(2)23-19)25-18-9-10-26-20-6-4-3-5-16(18)20/h3-8,11-12,18H,9-10H2,1-2H3,(H,23,24,25)/t18-/m1/s1. The summed E-state index contributed by atoms with van der Waals surface area (Å²) in [6, 6.07) is 16.3. The summed E-state index contributed by atoms with van der Waals surface area (Å²) in [5.74, 6) is 2.50. The van der Waals surface area contributed by atoms with E-state index in [1.165, 1.54) is 5.56 Å². The Balaban J connectivity index is 1.66. The molecule has 0 unspecified atom stereocenters. The molecular weight excluding hydrogens is 346 g/mol. The largest absolute Gasteiger partial charge is 0.493 e. The Morgan fingerprint density at radius 2 is 1.92 bits per heavy atom. The zero-order valence-electron chi connectivity index (χ0n) is 14.8. The Bertz CT molecular complexity index is 958. The van der Waals surface area contributed by atoms with Crippen LogP contribution in [0, 0.1) is 13.8 Å². The lowest BCUT2D eigenvalue weighted by Crippen LogP contribution is -2.21. The monoisotopic (exact) mass is 365 g/mol. The van der Waals surface area contributed by atoms with Crippen LogP contribution in [0.3, 0.4) is 0 Å². The number of aromatic nitrogens is 2. The van der Waals surface area contributed by atoms with E-state index in [0.717, 1.165) is 45.7 Å². The number of anilines is 1. The molecule has 2 heterocycles. The molecule has 0 saturated carbocycles. The molecule has 26 heavy (non-hydrogen) atoms. The SMILES string of the molecule is Cc1nc(N[C@@H]2CCOc3ccccc32)cc(-c2ccc(Cl)c(C)c2)n1. The third-order valence-electron chi connectivity index (χ3n) is 4.57. The molecule has 0 fully saturated rings. The van der Waals surface area contributed by atoms with Crippen molar-refractivity contribution in [3.63, 3.8) is 0 Å². The summed E-state index contributed by atoms with van der Waals surface area (Å²) in [4.78, 5) is 9.17. The van der Waals surface area contributed by atoms with Crippen LogP contribution in [0.2, 0.25) is 5.02 Å². The van der Waals surface area contributed by atoms with Crippen LogP contribution in [-0.4, -0.2) is 16.6 Å². The molecule has 5 heteroatoms. The Morgan fingerprint density at radius 3 is 2.77 bits per heavy atom. The molecule has 4 nitrogen and oxygen atoms in total. The summed E-state index contributed by atoms with van der Waals surface area (Å²) in [7, 11) is 0. The second kappa shape index (κ2) is 6.96. The maximum atomic E-state index is 6.15. The predicted molar refractivity (Wildman–Crippen MR) is 105 cm³/mol. The molecule has 0 spiro atoms. The van der Waals surface area contributed by atoms with E-state index < -0.39 is 0 Å². The average Bonchev–Trinajstić information content (AvgIpc) is 2.64. The Morgan fingerprint density at radius 1 is 1.08 bits per heavy atom. The van der Waals surface area contributed by atoms with Gasteiger partial charge >= 0.3 is 0 Å². The van der Waals surface area contributed by atoms with E-state index in [1.54, 1.807) is 0 Å². The molecule has 1 aromatic heterocycles. The average molecular weight is 366 g/mol. The molecule has 4 rings (SSSR count). The van der Waals surface area contributed by atoms with Crippen LogP contribution in [0.1, 0.15) is 29.4 Å². The first kappa shape index (κ1) is 16.9. The first-order valence-corrected chi connectivity index (χ1v) is 9.08. The van der Waals surface area contributed by atoms with Gasteiger partial charge in [0.1, 0.15) is 17.4 Å². The summed E-state index contributed by atoms with van der Waals surface area (Å²) in [6.07, 6.45) is 0.898. The van der Waals surface area contributed by atoms with Gasteiger partial charge in [-0.25, -0.2) is 9.97 Å². The number of benzene rings is 2. The van der Waals surface area contributed by atoms with E-state index in [-0.39, 0.29) is 6.04 Å². The molecule has 0 bridgehead atoms. The number of nitrogens with zero attached hydrogens (tertiary/aromatic N) is 2. The van der Waals surface area contributed by atoms with Gasteiger partial charge in [0.25, 0.3) is 0 Å². The number of aryl methyl sites for hydroxylation is 2. The fourth-order valence-corrected chi connectivity index (χ4v) is 3.38. The van der Waals surface area contributed by atoms with Crippen molar-refractivity contribution in [3.8, 4) is 17.0 Å². The summed E-state index contributed by atoms with van der Waals surface area (Å²) in [5.41, 5.74) is 4.13. The fourth-order valence-electron chi connectivity index (χ4n) is 3.26. The summed E-state index contributed by atoms with van der Waals surface area (Å²) in [5, 5.41) is 4.32. The minimum absolute atomic E-state index is 0.175. The van der Waals surface area contributed by atoms with E-state index in [0.29, 0.717) is 6.61 Å². The molecular formula is C21H20ClN3O. The van der Waals surface area contributed by atoms with Gasteiger partial charge in [-0.3, -0.25) is 0 Å². The summed E-state index contributed by atoms with van der Waals surface area (Å²) in [6.45, 7) is 4.61. The van der Waals surface area contributed by atoms with Gasteiger partial charge in [0.2, 0.25) is 0 Å². The van der Waals surface area contributed by atoms with Crippen molar-refractivity contribution in [3.05, 3.63) is 70.5 Å². The van der Waals surface area contributed by atoms with Crippen molar-refractivity contribution in [2.24, 2.45) is 0 Å². The van der Waals surface area contributed by atoms with Crippen LogP contribution >= 0.6 is 11.6 Å². The smallest absolute Gasteiger partial charge is 0.130 e. The lowest BCUT2D eigenvalue weighted by Gasteiger charge is -2.27. The van der Waals surface area contributed by atoms with Crippen molar-refractivity contribution in [1.29, 1.82) is 0 Å². The highest BCUT2D eigenvalue weighted by Crippen LogP contribution is 2.34. The molecule has 1 atom stereocenters. The van der Waals surface area contributed by atoms with Gasteiger partial charge < -0.3 is 10.1 Å². The molecule has 1 aliphatic heterocycles. The number of para-hydroxylation sites is 1. The highest BCUT2D eigenvalue weighted by molar-refractivity contribution is 6.31. The Kier molecular flexibility index (Phi) is 4.51. The van der Waals surface area contributed by atoms with Crippen LogP contribution < -0.4 is 10.1 Å². The minimum Gasteiger partial charge on any atom is -0.493 e. The number of nitrogens with one attached hydrogen (secondary N) is 1. The van der Waals surface area contributed by atoms with E-state index in [9.17, 15) is 0 Å². The lowest BCUT2D eigenvalue weighted by molar-refractivity contribution is 0.274. The number of rotatable bonds is 3. The van der Waals surface area contributed by atoms with E-state index in [1.807, 2.05) is 50.2 Å². The zero-order chi connectivity index (χ0) is 18.1. The number of halogens is 1. The van der Waals surface area contributed by atoms with Gasteiger partial charge in [0, 0.05) is 28.6 Å². The molecule has 1 N–H and O–H groups in total. The van der Waals surface area contributed by atoms with Gasteiger partial charge in [-0.2, -0.15) is 0 Å². The second-order valence-corrected chi connectivity index (χ2v) is 6.93. The van der Waals surface area contributed by atoms with E-state index >= 15 is 0 Å². The van der Waals surface area contributed by atoms with E-state index in [4.69, 9.17) is 16.3 Å². The number of fused-ring (bicyclic) bond motifs is 1. The third kappa shape index (κ3) is 3.37. The van der Waals surface area contributed by atoms with Gasteiger partial charge in [-0.1, -0.05) is 35.9 Å². The lowest BCUT2D eigenvalue weighted by atomic mass is 10.0. The first-order chi connectivity index (χ1) is 12.6. The minimum atomic E-state index is 0.175. The Hall–Kier alpha value is -2.59. The highest BCUT2D eigenvalue weighted by atomic mass is 35.5. The van der Waals surface area contributed by atoms with Crippen LogP contribution in [0.5, 0.6) is 5.75 Å². The number of ether oxygens (including phenoxy) is 1. The number of hydrogen-bond acceptors (Lipinski definition) is 4. The topological polar surface area (TPSA) is 47.0 Å². The molecule has 1 aliphatic rings. The van der Waals surface area contributed by atoms with Gasteiger partial charge in [0.15, 0.2) is 0 Å². The van der Waals surface area contributed by atoms with Crippen molar-refractivity contribution in [2.75, 3.05) is 11.9 Å². The molecule has 0 aliphatic carbocycles. The normalized spacial score (nSPS) is 15.9. The quantitative estimate of drug-likeness (QED) is 0.679. The maximum absolute atomic E-state index is 6.15. The number of hydrogen-bond donors (Lipinski definition) is 1. The van der Waals surface area contributed by atoms with E-state index in [2.05, 4.69) is 27.4 Å². The fraction of sp³-hybridized carbons (Fsp3) is 0.238. The zero-order valence-corrected chi connectivity index (χ0v) is 15.5. The highest BCUT2D eigenvalue weighted by Gasteiger charge is 2.21. The van der Waals surface area contributed by atoms with Crippen LogP contribution in [0.25, 0.3) is 11.3 Å². The molecule has 0 saturated heterocycles. The third-order valence-corrected chi connectivity index (χ3v) is 5.00. The van der Waals surface area contributed by atoms with Gasteiger partial charge in [-0.15, -0.1) is 0 Å². The van der Waals surface area contributed by atoms with Crippen LogP contribution in [-0.2, 0) is 0 Å². The maximum Gasteiger partial charge on any atom is 0.130 e. The van der Waals surface area contributed by atoms with Crippen molar-refractivity contribution in [2.45, 2.75) is 26.3 Å². The molecule has 132 valence electrons. The van der Waals surface area contributed by atoms with Gasteiger partial charge in [0.05, 0.1) is 18.3 Å². The predicted octanol–water partition coefficient (Wildman–Crippen LogP) is 5.35. The van der Waals surface area contributed by atoms with Gasteiger partial charge in [-0.05, 0) is 37.6 Å². The molecule has 2 aromatic carbocycles. The summed E-state index contributed by atoms with van der Waals surface area (Å²) >= 11 is 6.15. The van der Waals surface area contributed by atoms with Crippen LogP contribution in [0.15, 0.2) is 48.5 Å². The van der Waals surface area contributed by atoms with Crippen molar-refractivity contribution >= 4 is 17.4 Å². The molecule has 0 amide bonds. The first-order valence-electron chi connectivity index (χ1n) is 8.70. The van der Waals surface area contributed by atoms with Crippen molar-refractivity contribution in [1.82, 2.24) is 9.97 Å². The Labute approximate surface area is 158 Å².